The molecule has 1 rings (SSSR count). The molecular weight excluding hydrogens is 202 g/mol. The van der Waals surface area contributed by atoms with E-state index in [1.54, 1.807) is 7.11 Å². The number of hydrogen-bond donors (Lipinski definition) is 1. The van der Waals surface area contributed by atoms with E-state index < -0.39 is 0 Å². The molecule has 0 aromatic rings. The lowest BCUT2D eigenvalue weighted by Crippen LogP contribution is -2.39. The van der Waals surface area contributed by atoms with Crippen molar-refractivity contribution in [2.24, 2.45) is 5.92 Å². The zero-order valence-electron chi connectivity index (χ0n) is 11.2. The molecule has 1 fully saturated rings. The van der Waals surface area contributed by atoms with Crippen LogP contribution in [0.15, 0.2) is 0 Å². The number of methoxy groups -OCH3 is 1. The Balaban J connectivity index is 2.16. The first-order chi connectivity index (χ1) is 7.53. The molecule has 1 aliphatic heterocycles. The molecule has 1 saturated heterocycles. The lowest BCUT2D eigenvalue weighted by molar-refractivity contribution is 0.00685. The molecular formula is C13H27NO2. The topological polar surface area (TPSA) is 30.5 Å². The van der Waals surface area contributed by atoms with Crippen LogP contribution in [-0.4, -0.2) is 38.5 Å². The van der Waals surface area contributed by atoms with Gasteiger partial charge in [0.15, 0.2) is 0 Å². The predicted octanol–water partition coefficient (Wildman–Crippen LogP) is 2.21. The molecule has 0 radical (unpaired) electrons. The van der Waals surface area contributed by atoms with Gasteiger partial charge in [0.1, 0.15) is 0 Å². The lowest BCUT2D eigenvalue weighted by atomic mass is 9.98. The second kappa shape index (κ2) is 6.58. The molecule has 0 amide bonds. The molecule has 1 N–H and O–H groups in total. The Morgan fingerprint density at radius 2 is 2.25 bits per heavy atom. The van der Waals surface area contributed by atoms with Crippen molar-refractivity contribution in [2.45, 2.75) is 51.7 Å². The average molecular weight is 229 g/mol. The smallest absolute Gasteiger partial charge is 0.0637 e. The van der Waals surface area contributed by atoms with Gasteiger partial charge in [-0.05, 0) is 46.0 Å². The molecule has 1 aliphatic rings. The van der Waals surface area contributed by atoms with E-state index in [1.165, 1.54) is 12.8 Å². The van der Waals surface area contributed by atoms with Gasteiger partial charge in [-0.25, -0.2) is 0 Å². The van der Waals surface area contributed by atoms with Gasteiger partial charge >= 0.3 is 0 Å². The van der Waals surface area contributed by atoms with E-state index in [9.17, 15) is 0 Å². The van der Waals surface area contributed by atoms with Crippen LogP contribution in [0.3, 0.4) is 0 Å². The zero-order chi connectivity index (χ0) is 12.0. The summed E-state index contributed by atoms with van der Waals surface area (Å²) in [7, 11) is 1.78. The van der Waals surface area contributed by atoms with Crippen LogP contribution >= 0.6 is 0 Å². The number of hydrogen-bond acceptors (Lipinski definition) is 3. The van der Waals surface area contributed by atoms with Crippen LogP contribution in [0.2, 0.25) is 0 Å². The minimum atomic E-state index is -0.0323. The Kier molecular flexibility index (Phi) is 5.73. The highest BCUT2D eigenvalue weighted by Crippen LogP contribution is 2.16. The molecule has 0 aromatic heterocycles. The minimum Gasteiger partial charge on any atom is -0.381 e. The summed E-state index contributed by atoms with van der Waals surface area (Å²) in [6.45, 7) is 9.44. The Hall–Kier alpha value is -0.120. The van der Waals surface area contributed by atoms with E-state index in [0.29, 0.717) is 12.0 Å². The number of ether oxygens (including phenoxy) is 2. The SMILES string of the molecule is COC(C)(C)CC(C)NCC1CCCOC1. The van der Waals surface area contributed by atoms with Crippen molar-refractivity contribution in [3.63, 3.8) is 0 Å². The highest BCUT2D eigenvalue weighted by Gasteiger charge is 2.21. The summed E-state index contributed by atoms with van der Waals surface area (Å²) in [5.74, 6) is 0.696. The van der Waals surface area contributed by atoms with Gasteiger partial charge in [-0.1, -0.05) is 0 Å². The summed E-state index contributed by atoms with van der Waals surface area (Å²) in [5.41, 5.74) is -0.0323. The van der Waals surface area contributed by atoms with Gasteiger partial charge in [0.2, 0.25) is 0 Å². The molecule has 0 aromatic carbocycles. The summed E-state index contributed by atoms with van der Waals surface area (Å²) < 4.78 is 10.9. The van der Waals surface area contributed by atoms with E-state index >= 15 is 0 Å². The Bertz CT molecular complexity index is 188. The quantitative estimate of drug-likeness (QED) is 0.757. The van der Waals surface area contributed by atoms with Gasteiger partial charge < -0.3 is 14.8 Å². The van der Waals surface area contributed by atoms with E-state index in [-0.39, 0.29) is 5.60 Å². The molecule has 0 aliphatic carbocycles. The first kappa shape index (κ1) is 13.9. The second-order valence-corrected chi connectivity index (χ2v) is 5.56. The van der Waals surface area contributed by atoms with Gasteiger partial charge in [0.25, 0.3) is 0 Å². The van der Waals surface area contributed by atoms with Gasteiger partial charge in [0.05, 0.1) is 12.2 Å². The normalized spacial score (nSPS) is 24.4. The summed E-state index contributed by atoms with van der Waals surface area (Å²) in [5, 5.41) is 3.58. The Morgan fingerprint density at radius 1 is 1.50 bits per heavy atom. The van der Waals surface area contributed by atoms with Crippen LogP contribution in [0, 0.1) is 5.92 Å². The van der Waals surface area contributed by atoms with E-state index in [2.05, 4.69) is 26.1 Å². The molecule has 0 spiro atoms. The largest absolute Gasteiger partial charge is 0.381 e. The summed E-state index contributed by atoms with van der Waals surface area (Å²) >= 11 is 0. The zero-order valence-corrected chi connectivity index (χ0v) is 11.2. The van der Waals surface area contributed by atoms with Crippen molar-refractivity contribution in [1.82, 2.24) is 5.32 Å². The van der Waals surface area contributed by atoms with Gasteiger partial charge in [-0.3, -0.25) is 0 Å². The third-order valence-corrected chi connectivity index (χ3v) is 3.36. The third kappa shape index (κ3) is 5.28. The van der Waals surface area contributed by atoms with Gasteiger partial charge in [0, 0.05) is 26.3 Å². The van der Waals surface area contributed by atoms with Crippen molar-refractivity contribution in [3.05, 3.63) is 0 Å². The maximum absolute atomic E-state index is 5.47. The summed E-state index contributed by atoms with van der Waals surface area (Å²) in [6.07, 6.45) is 3.55. The second-order valence-electron chi connectivity index (χ2n) is 5.56. The molecule has 0 saturated carbocycles. The molecule has 3 nitrogen and oxygen atoms in total. The number of nitrogens with one attached hydrogen (secondary N) is 1. The molecule has 0 bridgehead atoms. The fourth-order valence-corrected chi connectivity index (χ4v) is 2.23. The fraction of sp³-hybridized carbons (Fsp3) is 1.00. The molecule has 2 unspecified atom stereocenters. The van der Waals surface area contributed by atoms with Gasteiger partial charge in [-0.2, -0.15) is 0 Å². The Labute approximate surface area is 99.9 Å². The minimum absolute atomic E-state index is 0.0323. The van der Waals surface area contributed by atoms with Crippen LogP contribution < -0.4 is 5.32 Å². The van der Waals surface area contributed by atoms with Crippen molar-refractivity contribution >= 4 is 0 Å². The molecule has 3 heteroatoms. The molecule has 1 heterocycles. The summed E-state index contributed by atoms with van der Waals surface area (Å²) in [6, 6.07) is 0.497. The fourth-order valence-electron chi connectivity index (χ4n) is 2.23. The Morgan fingerprint density at radius 3 is 2.81 bits per heavy atom. The highest BCUT2D eigenvalue weighted by molar-refractivity contribution is 4.76. The predicted molar refractivity (Wildman–Crippen MR) is 66.7 cm³/mol. The molecule has 2 atom stereocenters. The van der Waals surface area contributed by atoms with Crippen LogP contribution in [0.5, 0.6) is 0 Å². The van der Waals surface area contributed by atoms with Crippen LogP contribution in [0.25, 0.3) is 0 Å². The first-order valence-electron chi connectivity index (χ1n) is 6.40. The maximum Gasteiger partial charge on any atom is 0.0637 e. The molecule has 96 valence electrons. The van der Waals surface area contributed by atoms with Crippen LogP contribution in [0.4, 0.5) is 0 Å². The van der Waals surface area contributed by atoms with Gasteiger partial charge in [-0.15, -0.1) is 0 Å². The molecule has 16 heavy (non-hydrogen) atoms. The average Bonchev–Trinajstić information content (AvgIpc) is 2.27. The van der Waals surface area contributed by atoms with Crippen molar-refractivity contribution in [3.8, 4) is 0 Å². The van der Waals surface area contributed by atoms with Crippen LogP contribution in [-0.2, 0) is 9.47 Å². The van der Waals surface area contributed by atoms with E-state index in [0.717, 1.165) is 26.2 Å². The lowest BCUT2D eigenvalue weighted by Gasteiger charge is -2.29. The van der Waals surface area contributed by atoms with Crippen molar-refractivity contribution < 1.29 is 9.47 Å². The van der Waals surface area contributed by atoms with Crippen molar-refractivity contribution in [1.29, 1.82) is 0 Å². The monoisotopic (exact) mass is 229 g/mol. The third-order valence-electron chi connectivity index (χ3n) is 3.36. The van der Waals surface area contributed by atoms with E-state index in [1.807, 2.05) is 0 Å². The van der Waals surface area contributed by atoms with Crippen LogP contribution in [0.1, 0.15) is 40.0 Å². The maximum atomic E-state index is 5.47. The van der Waals surface area contributed by atoms with Crippen molar-refractivity contribution in [2.75, 3.05) is 26.9 Å². The van der Waals surface area contributed by atoms with E-state index in [4.69, 9.17) is 9.47 Å². The highest BCUT2D eigenvalue weighted by atomic mass is 16.5. The standard InChI is InChI=1S/C13H27NO2/c1-11(8-13(2,3)15-4)14-9-12-6-5-7-16-10-12/h11-12,14H,5-10H2,1-4H3. The summed E-state index contributed by atoms with van der Waals surface area (Å²) in [4.78, 5) is 0. The first-order valence-corrected chi connectivity index (χ1v) is 6.40. The number of rotatable bonds is 6.